The van der Waals surface area contributed by atoms with Gasteiger partial charge in [0.2, 0.25) is 17.8 Å². The Labute approximate surface area is 229 Å². The number of nitrogens with zero attached hydrogens (tertiary/aromatic N) is 6. The van der Waals surface area contributed by atoms with Crippen molar-refractivity contribution in [1.29, 1.82) is 0 Å². The van der Waals surface area contributed by atoms with E-state index in [1.54, 1.807) is 33.3 Å². The molecule has 0 unspecified atom stereocenters. The number of hydrogen-bond acceptors (Lipinski definition) is 8. The second-order valence-electron chi connectivity index (χ2n) is 9.36. The van der Waals surface area contributed by atoms with Crippen molar-refractivity contribution in [2.75, 3.05) is 51.9 Å². The van der Waals surface area contributed by atoms with Gasteiger partial charge >= 0.3 is 0 Å². The lowest BCUT2D eigenvalue weighted by Crippen LogP contribution is -2.45. The molecule has 2 amide bonds. The number of likely N-dealkylation sites (N-methyl/N-ethyl adjacent to an activating group) is 2. The van der Waals surface area contributed by atoms with Gasteiger partial charge in [0.15, 0.2) is 0 Å². The number of unbranched alkanes of at least 4 members (excludes halogenated alkanes) is 1. The minimum atomic E-state index is -0.568. The molecule has 2 heterocycles. The first-order valence-electron chi connectivity index (χ1n) is 12.8. The Kier molecular flexibility index (Phi) is 10.4. The van der Waals surface area contributed by atoms with Gasteiger partial charge in [-0.25, -0.2) is 4.98 Å². The highest BCUT2D eigenvalue weighted by atomic mass is 16.2. The Morgan fingerprint density at radius 2 is 2.00 bits per heavy atom. The van der Waals surface area contributed by atoms with Crippen molar-refractivity contribution in [2.45, 2.75) is 25.8 Å². The minimum absolute atomic E-state index is 0.198. The number of carbonyl (C=O) groups is 2. The molecule has 0 aliphatic rings. The Balaban J connectivity index is 1.47. The number of benzene rings is 1. The second-order valence-corrected chi connectivity index (χ2v) is 9.36. The molecule has 0 bridgehead atoms. The Morgan fingerprint density at radius 1 is 1.21 bits per heavy atom. The second kappa shape index (κ2) is 13.9. The van der Waals surface area contributed by atoms with Crippen LogP contribution in [0.5, 0.6) is 0 Å². The number of amides is 2. The van der Waals surface area contributed by atoms with Crippen LogP contribution >= 0.6 is 0 Å². The minimum Gasteiger partial charge on any atom is -0.372 e. The fourth-order valence-corrected chi connectivity index (χ4v) is 3.62. The number of fused-ring (bicyclic) bond motifs is 1. The number of aromatic nitrogens is 4. The molecule has 0 saturated carbocycles. The molecule has 0 aliphatic carbocycles. The molecule has 39 heavy (non-hydrogen) atoms. The Hall–Kier alpha value is -4.43. The maximum atomic E-state index is 12.4. The van der Waals surface area contributed by atoms with Crippen molar-refractivity contribution in [3.05, 3.63) is 48.3 Å². The summed E-state index contributed by atoms with van der Waals surface area (Å²) in [7, 11) is 9.16. The van der Waals surface area contributed by atoms with Gasteiger partial charge < -0.3 is 25.8 Å². The van der Waals surface area contributed by atoms with Crippen LogP contribution in [0.4, 0.5) is 17.5 Å². The van der Waals surface area contributed by atoms with E-state index in [9.17, 15) is 9.59 Å². The van der Waals surface area contributed by atoms with Crippen molar-refractivity contribution in [2.24, 2.45) is 7.05 Å². The Morgan fingerprint density at radius 3 is 2.74 bits per heavy atom. The summed E-state index contributed by atoms with van der Waals surface area (Å²) in [6.45, 7) is 2.84. The summed E-state index contributed by atoms with van der Waals surface area (Å²) in [5.74, 6) is 6.89. The maximum absolute atomic E-state index is 12.4. The van der Waals surface area contributed by atoms with Crippen LogP contribution in [-0.2, 0) is 16.6 Å². The highest BCUT2D eigenvalue weighted by molar-refractivity contribution is 5.92. The van der Waals surface area contributed by atoms with E-state index in [-0.39, 0.29) is 11.8 Å². The van der Waals surface area contributed by atoms with E-state index in [2.05, 4.69) is 42.9 Å². The zero-order valence-electron chi connectivity index (χ0n) is 23.4. The first kappa shape index (κ1) is 29.1. The molecule has 3 rings (SSSR count). The first-order valence-corrected chi connectivity index (χ1v) is 12.8. The predicted molar refractivity (Wildman–Crippen MR) is 155 cm³/mol. The summed E-state index contributed by atoms with van der Waals surface area (Å²) in [5.41, 5.74) is 2.56. The smallest absolute Gasteiger partial charge is 0.246 e. The summed E-state index contributed by atoms with van der Waals surface area (Å²) < 4.78 is 1.82. The molecule has 1 atom stereocenters. The summed E-state index contributed by atoms with van der Waals surface area (Å²) in [6.07, 6.45) is 8.04. The van der Waals surface area contributed by atoms with E-state index in [1.165, 1.54) is 11.0 Å². The van der Waals surface area contributed by atoms with Gasteiger partial charge in [-0.2, -0.15) is 10.1 Å². The zero-order chi connectivity index (χ0) is 28.4. The lowest BCUT2D eigenvalue weighted by atomic mass is 10.2. The van der Waals surface area contributed by atoms with Gasteiger partial charge in [-0.05, 0) is 45.6 Å². The van der Waals surface area contributed by atoms with Crippen molar-refractivity contribution in [3.8, 4) is 11.8 Å². The number of carbonyl (C=O) groups excluding carboxylic acids is 2. The van der Waals surface area contributed by atoms with Crippen LogP contribution in [0.1, 0.15) is 25.3 Å². The molecule has 0 fully saturated rings. The average molecular weight is 532 g/mol. The van der Waals surface area contributed by atoms with Crippen LogP contribution < -0.4 is 16.0 Å². The third kappa shape index (κ3) is 8.28. The van der Waals surface area contributed by atoms with Gasteiger partial charge in [-0.1, -0.05) is 17.9 Å². The number of rotatable bonds is 11. The van der Waals surface area contributed by atoms with Crippen LogP contribution in [0, 0.1) is 11.8 Å². The quantitative estimate of drug-likeness (QED) is 0.196. The number of anilines is 3. The van der Waals surface area contributed by atoms with Crippen LogP contribution in [0.15, 0.2) is 42.7 Å². The summed E-state index contributed by atoms with van der Waals surface area (Å²) >= 11 is 0. The highest BCUT2D eigenvalue weighted by Crippen LogP contribution is 2.21. The van der Waals surface area contributed by atoms with E-state index < -0.39 is 6.04 Å². The molecular formula is C28H37N9O2. The van der Waals surface area contributed by atoms with Crippen LogP contribution in [-0.4, -0.2) is 88.7 Å². The molecule has 11 heteroatoms. The molecule has 0 saturated heterocycles. The van der Waals surface area contributed by atoms with Gasteiger partial charge in [-0.3, -0.25) is 14.3 Å². The normalized spacial score (nSPS) is 11.8. The van der Waals surface area contributed by atoms with Crippen molar-refractivity contribution in [3.63, 3.8) is 0 Å². The van der Waals surface area contributed by atoms with E-state index in [0.29, 0.717) is 43.3 Å². The molecule has 0 spiro atoms. The molecule has 3 aromatic rings. The van der Waals surface area contributed by atoms with Gasteiger partial charge in [0, 0.05) is 57.8 Å². The van der Waals surface area contributed by atoms with Crippen LogP contribution in [0.25, 0.3) is 10.9 Å². The van der Waals surface area contributed by atoms with Gasteiger partial charge in [0.1, 0.15) is 11.9 Å². The van der Waals surface area contributed by atoms with E-state index in [1.807, 2.05) is 55.1 Å². The topological polar surface area (TPSA) is 120 Å². The van der Waals surface area contributed by atoms with E-state index >= 15 is 0 Å². The van der Waals surface area contributed by atoms with Gasteiger partial charge in [0.05, 0.1) is 23.5 Å². The summed E-state index contributed by atoms with van der Waals surface area (Å²) in [4.78, 5) is 37.0. The standard InChI is InChI=1S/C28H37N9O2/c1-20(36(5)25(38)12-10-16-35(3)4)27(39)30-15-9-7-8-11-22-18-31-28(34-26(22)29-2)33-23-14-13-21-19-32-37(6)24(21)17-23/h10,12-14,17-20H,7,9,15-16H2,1-6H3,(H,30,39)(H2,29,31,33,34)/t20-/m0/s1. The largest absolute Gasteiger partial charge is 0.372 e. The molecule has 0 aliphatic heterocycles. The molecule has 2 aromatic heterocycles. The maximum Gasteiger partial charge on any atom is 0.246 e. The SMILES string of the molecule is CNc1nc(Nc2ccc3cnn(C)c3c2)ncc1C#CCCCNC(=O)[C@H](C)N(C)C(=O)C=CCN(C)C. The zero-order valence-corrected chi connectivity index (χ0v) is 23.4. The number of nitrogens with one attached hydrogen (secondary N) is 3. The molecule has 0 radical (unpaired) electrons. The molecule has 1 aromatic carbocycles. The molecule has 3 N–H and O–H groups in total. The van der Waals surface area contributed by atoms with E-state index in [4.69, 9.17) is 0 Å². The van der Waals surface area contributed by atoms with Crippen molar-refractivity contribution < 1.29 is 9.59 Å². The fraction of sp³-hybridized carbons (Fsp3) is 0.393. The van der Waals surface area contributed by atoms with Crippen molar-refractivity contribution >= 4 is 40.2 Å². The lowest BCUT2D eigenvalue weighted by molar-refractivity contribution is -0.135. The Bertz CT molecular complexity index is 1380. The van der Waals surface area contributed by atoms with Gasteiger partial charge in [0.25, 0.3) is 0 Å². The predicted octanol–water partition coefficient (Wildman–Crippen LogP) is 2.36. The third-order valence-electron chi connectivity index (χ3n) is 6.07. The van der Waals surface area contributed by atoms with Gasteiger partial charge in [-0.15, -0.1) is 0 Å². The van der Waals surface area contributed by atoms with Crippen LogP contribution in [0.2, 0.25) is 0 Å². The van der Waals surface area contributed by atoms with Crippen molar-refractivity contribution in [1.82, 2.24) is 34.9 Å². The monoisotopic (exact) mass is 531 g/mol. The summed E-state index contributed by atoms with van der Waals surface area (Å²) in [6, 6.07) is 5.38. The fourth-order valence-electron chi connectivity index (χ4n) is 3.62. The number of hydrogen-bond donors (Lipinski definition) is 3. The molecule has 11 nitrogen and oxygen atoms in total. The third-order valence-corrected chi connectivity index (χ3v) is 6.07. The highest BCUT2D eigenvalue weighted by Gasteiger charge is 2.20. The lowest BCUT2D eigenvalue weighted by Gasteiger charge is -2.23. The molecule has 206 valence electrons. The summed E-state index contributed by atoms with van der Waals surface area (Å²) in [5, 5.41) is 14.5. The number of aryl methyl sites for hydroxylation is 1. The van der Waals surface area contributed by atoms with Crippen LogP contribution in [0.3, 0.4) is 0 Å². The average Bonchev–Trinajstić information content (AvgIpc) is 3.29. The van der Waals surface area contributed by atoms with E-state index in [0.717, 1.165) is 16.6 Å². The molecular weight excluding hydrogens is 494 g/mol. The first-order chi connectivity index (χ1) is 18.7.